The highest BCUT2D eigenvalue weighted by Gasteiger charge is 2.31. The number of hydrogen-bond donors (Lipinski definition) is 1. The van der Waals surface area contributed by atoms with Gasteiger partial charge in [0.2, 0.25) is 5.91 Å². The summed E-state index contributed by atoms with van der Waals surface area (Å²) in [5.74, 6) is 1.10. The van der Waals surface area contributed by atoms with Crippen molar-refractivity contribution in [3.63, 3.8) is 0 Å². The predicted octanol–water partition coefficient (Wildman–Crippen LogP) is 3.18. The number of aromatic nitrogens is 2. The van der Waals surface area contributed by atoms with E-state index in [0.29, 0.717) is 29.6 Å². The second-order valence-corrected chi connectivity index (χ2v) is 9.85. The molecule has 0 saturated carbocycles. The number of rotatable bonds is 4. The zero-order valence-electron chi connectivity index (χ0n) is 15.8. The molecule has 0 bridgehead atoms. The fourth-order valence-corrected chi connectivity index (χ4v) is 5.34. The number of fused-ring (bicyclic) bond motifs is 1. The van der Waals surface area contributed by atoms with E-state index >= 15 is 0 Å². The van der Waals surface area contributed by atoms with Crippen LogP contribution in [-0.2, 0) is 14.6 Å². The second kappa shape index (κ2) is 7.68. The number of benzene rings is 1. The lowest BCUT2D eigenvalue weighted by Gasteiger charge is -2.16. The van der Waals surface area contributed by atoms with Crippen molar-refractivity contribution in [3.05, 3.63) is 58.3 Å². The Morgan fingerprint density at radius 1 is 1.38 bits per heavy atom. The van der Waals surface area contributed by atoms with Crippen LogP contribution in [0.25, 0.3) is 6.08 Å². The number of amides is 1. The largest absolute Gasteiger partial charge is 0.488 e. The topological polar surface area (TPSA) is 90.3 Å². The number of sulfone groups is 1. The van der Waals surface area contributed by atoms with Crippen LogP contribution in [0.3, 0.4) is 0 Å². The minimum absolute atomic E-state index is 0.0407. The van der Waals surface area contributed by atoms with Crippen molar-refractivity contribution in [2.24, 2.45) is 0 Å². The van der Waals surface area contributed by atoms with E-state index in [9.17, 15) is 13.2 Å². The summed E-state index contributed by atoms with van der Waals surface area (Å²) >= 11 is 6.02. The molecular weight excluding hydrogens is 414 g/mol. The molecule has 1 atom stereocenters. The molecule has 2 aliphatic heterocycles. The second-order valence-electron chi connectivity index (χ2n) is 7.19. The molecule has 1 aromatic carbocycles. The van der Waals surface area contributed by atoms with Gasteiger partial charge in [0.05, 0.1) is 23.2 Å². The molecule has 1 amide bonds. The number of carbonyl (C=O) groups is 1. The molecule has 0 radical (unpaired) electrons. The zero-order chi connectivity index (χ0) is 20.6. The highest BCUT2D eigenvalue weighted by atomic mass is 35.5. The Bertz CT molecular complexity index is 1130. The summed E-state index contributed by atoms with van der Waals surface area (Å²) in [4.78, 5) is 12.4. The van der Waals surface area contributed by atoms with Crippen molar-refractivity contribution in [1.82, 2.24) is 9.78 Å². The number of ether oxygens (including phenoxy) is 1. The molecule has 1 N–H and O–H groups in total. The number of hydrogen-bond acceptors (Lipinski definition) is 5. The van der Waals surface area contributed by atoms with Crippen molar-refractivity contribution in [2.45, 2.75) is 19.4 Å². The Morgan fingerprint density at radius 2 is 2.21 bits per heavy atom. The first-order chi connectivity index (χ1) is 13.8. The number of anilines is 1. The van der Waals surface area contributed by atoms with E-state index in [2.05, 4.69) is 10.4 Å². The van der Waals surface area contributed by atoms with Gasteiger partial charge < -0.3 is 10.1 Å². The maximum absolute atomic E-state index is 12.4. The van der Waals surface area contributed by atoms with E-state index in [0.717, 1.165) is 16.9 Å². The third-order valence-electron chi connectivity index (χ3n) is 4.82. The third-order valence-corrected chi connectivity index (χ3v) is 6.80. The average molecular weight is 434 g/mol. The van der Waals surface area contributed by atoms with Gasteiger partial charge in [0, 0.05) is 22.7 Å². The fraction of sp³-hybridized carbons (Fsp3) is 0.300. The maximum Gasteiger partial charge on any atom is 0.249 e. The quantitative estimate of drug-likeness (QED) is 0.748. The first-order valence-corrected chi connectivity index (χ1v) is 11.4. The molecular formula is C20H20ClN3O4S. The van der Waals surface area contributed by atoms with Gasteiger partial charge in [-0.05, 0) is 43.2 Å². The Morgan fingerprint density at radius 3 is 2.97 bits per heavy atom. The van der Waals surface area contributed by atoms with Gasteiger partial charge in [0.1, 0.15) is 18.2 Å². The Hall–Kier alpha value is -2.58. The Kier molecular flexibility index (Phi) is 5.23. The molecule has 3 heterocycles. The highest BCUT2D eigenvalue weighted by molar-refractivity contribution is 7.91. The molecule has 2 aliphatic rings. The summed E-state index contributed by atoms with van der Waals surface area (Å²) in [5, 5.41) is 7.77. The molecule has 29 heavy (non-hydrogen) atoms. The standard InChI is InChI=1S/C20H20ClN3O4S/c1-13-8-19(24(23-13)17-6-7-29(26,27)12-17)22-20(25)5-2-14-9-15-10-16(21)3-4-18(15)28-11-14/h2-5,8-10,17H,6-7,11-12H2,1H3,(H,22,25). The molecule has 0 aliphatic carbocycles. The lowest BCUT2D eigenvalue weighted by atomic mass is 10.1. The summed E-state index contributed by atoms with van der Waals surface area (Å²) in [6, 6.07) is 6.86. The van der Waals surface area contributed by atoms with E-state index in [1.807, 2.05) is 12.1 Å². The van der Waals surface area contributed by atoms with Crippen molar-refractivity contribution >= 4 is 39.2 Å². The van der Waals surface area contributed by atoms with Crippen LogP contribution < -0.4 is 10.1 Å². The summed E-state index contributed by atoms with van der Waals surface area (Å²) < 4.78 is 30.8. The van der Waals surface area contributed by atoms with E-state index in [1.54, 1.807) is 35.9 Å². The normalized spacial score (nSPS) is 20.2. The van der Waals surface area contributed by atoms with Crippen molar-refractivity contribution in [3.8, 4) is 5.75 Å². The van der Waals surface area contributed by atoms with E-state index in [-0.39, 0.29) is 23.5 Å². The first kappa shape index (κ1) is 19.7. The molecule has 4 rings (SSSR count). The lowest BCUT2D eigenvalue weighted by Crippen LogP contribution is -2.18. The minimum Gasteiger partial charge on any atom is -0.488 e. The van der Waals surface area contributed by atoms with Crippen LogP contribution in [0.2, 0.25) is 5.02 Å². The lowest BCUT2D eigenvalue weighted by molar-refractivity contribution is -0.112. The van der Waals surface area contributed by atoms with E-state index in [1.165, 1.54) is 6.08 Å². The molecule has 0 spiro atoms. The van der Waals surface area contributed by atoms with Gasteiger partial charge in [-0.25, -0.2) is 13.1 Å². The van der Waals surface area contributed by atoms with Crippen LogP contribution in [0.5, 0.6) is 5.75 Å². The fourth-order valence-electron chi connectivity index (χ4n) is 3.47. The highest BCUT2D eigenvalue weighted by Crippen LogP contribution is 2.29. The van der Waals surface area contributed by atoms with Gasteiger partial charge in [-0.1, -0.05) is 17.7 Å². The minimum atomic E-state index is -3.05. The van der Waals surface area contributed by atoms with E-state index in [4.69, 9.17) is 16.3 Å². The number of aryl methyl sites for hydroxylation is 1. The number of nitrogens with zero attached hydrogens (tertiary/aromatic N) is 2. The summed E-state index contributed by atoms with van der Waals surface area (Å²) in [6.45, 7) is 2.16. The molecule has 1 saturated heterocycles. The van der Waals surface area contributed by atoms with Gasteiger partial charge in [0.25, 0.3) is 0 Å². The summed E-state index contributed by atoms with van der Waals surface area (Å²) in [5.41, 5.74) is 2.41. The van der Waals surface area contributed by atoms with Gasteiger partial charge in [-0.15, -0.1) is 0 Å². The molecule has 1 aromatic heterocycles. The van der Waals surface area contributed by atoms with E-state index < -0.39 is 9.84 Å². The van der Waals surface area contributed by atoms with Crippen LogP contribution in [0.1, 0.15) is 23.7 Å². The number of halogens is 1. The average Bonchev–Trinajstić information content (AvgIpc) is 3.21. The van der Waals surface area contributed by atoms with Crippen LogP contribution in [0.15, 0.2) is 42.0 Å². The van der Waals surface area contributed by atoms with Crippen LogP contribution in [-0.4, -0.2) is 42.2 Å². The number of nitrogens with one attached hydrogen (secondary N) is 1. The predicted molar refractivity (Wildman–Crippen MR) is 112 cm³/mol. The summed E-state index contributed by atoms with van der Waals surface area (Å²) in [6.07, 6.45) is 5.52. The van der Waals surface area contributed by atoms with Crippen molar-refractivity contribution < 1.29 is 17.9 Å². The van der Waals surface area contributed by atoms with Gasteiger partial charge >= 0.3 is 0 Å². The smallest absolute Gasteiger partial charge is 0.249 e. The van der Waals surface area contributed by atoms with Gasteiger partial charge in [0.15, 0.2) is 9.84 Å². The molecule has 152 valence electrons. The molecule has 9 heteroatoms. The van der Waals surface area contributed by atoms with Gasteiger partial charge in [-0.2, -0.15) is 5.10 Å². The maximum atomic E-state index is 12.4. The van der Waals surface area contributed by atoms with Crippen molar-refractivity contribution in [1.29, 1.82) is 0 Å². The molecule has 7 nitrogen and oxygen atoms in total. The summed E-state index contributed by atoms with van der Waals surface area (Å²) in [7, 11) is -3.05. The zero-order valence-corrected chi connectivity index (χ0v) is 17.3. The SMILES string of the molecule is Cc1cc(NC(=O)C=CC2=Cc3cc(Cl)ccc3OC2)n(C2CCS(=O)(=O)C2)n1. The van der Waals surface area contributed by atoms with Crippen molar-refractivity contribution in [2.75, 3.05) is 23.4 Å². The monoisotopic (exact) mass is 433 g/mol. The Labute approximate surface area is 173 Å². The van der Waals surface area contributed by atoms with Crippen LogP contribution >= 0.6 is 11.6 Å². The molecule has 1 fully saturated rings. The van der Waals surface area contributed by atoms with Crippen LogP contribution in [0, 0.1) is 6.92 Å². The Balaban J connectivity index is 1.47. The van der Waals surface area contributed by atoms with Crippen LogP contribution in [0.4, 0.5) is 5.82 Å². The third kappa shape index (κ3) is 4.54. The van der Waals surface area contributed by atoms with Gasteiger partial charge in [-0.3, -0.25) is 4.79 Å². The molecule has 1 unspecified atom stereocenters. The number of carbonyl (C=O) groups excluding carboxylic acids is 1. The first-order valence-electron chi connectivity index (χ1n) is 9.18. The molecule has 2 aromatic rings.